The third kappa shape index (κ3) is 11.2. The maximum absolute atomic E-state index is 11.7. The largest absolute Gasteiger partial charge is 0.459 e. The van der Waals surface area contributed by atoms with Gasteiger partial charge < -0.3 is 20.9 Å². The number of rotatable bonds is 7. The van der Waals surface area contributed by atoms with E-state index in [2.05, 4.69) is 0 Å². The molecule has 0 aromatic carbocycles. The maximum atomic E-state index is 11.7. The van der Waals surface area contributed by atoms with Gasteiger partial charge >= 0.3 is 11.9 Å². The first kappa shape index (κ1) is 21.6. The Bertz CT molecular complexity index is 342. The molecule has 4 N–H and O–H groups in total. The molecule has 0 heterocycles. The molecule has 0 saturated heterocycles. The predicted molar refractivity (Wildman–Crippen MR) is 92.6 cm³/mol. The summed E-state index contributed by atoms with van der Waals surface area (Å²) in [5, 5.41) is 0. The molecular weight excluding hydrogens is 324 g/mol. The van der Waals surface area contributed by atoms with E-state index in [0.717, 1.165) is 0 Å². The molecule has 0 amide bonds. The number of nitrogens with two attached hydrogens (primary N) is 2. The SMILES string of the molecule is CC(C)(C)OC(=O)[C@H](N)CSSC[C@H](N)C(=O)OC(C)(C)C. The van der Waals surface area contributed by atoms with Gasteiger partial charge in [-0.05, 0) is 41.5 Å². The molecule has 0 rings (SSSR count). The summed E-state index contributed by atoms with van der Waals surface area (Å²) in [6.45, 7) is 10.7. The van der Waals surface area contributed by atoms with E-state index >= 15 is 0 Å². The van der Waals surface area contributed by atoms with E-state index in [-0.39, 0.29) is 0 Å². The van der Waals surface area contributed by atoms with Gasteiger partial charge in [0.25, 0.3) is 0 Å². The highest BCUT2D eigenvalue weighted by atomic mass is 33.1. The van der Waals surface area contributed by atoms with E-state index < -0.39 is 35.2 Å². The maximum Gasteiger partial charge on any atom is 0.324 e. The lowest BCUT2D eigenvalue weighted by molar-refractivity contribution is -0.156. The Hall–Kier alpha value is -0.440. The quantitative estimate of drug-likeness (QED) is 0.405. The van der Waals surface area contributed by atoms with Gasteiger partial charge in [-0.3, -0.25) is 9.59 Å². The second kappa shape index (κ2) is 9.00. The van der Waals surface area contributed by atoms with Gasteiger partial charge in [-0.25, -0.2) is 0 Å². The summed E-state index contributed by atoms with van der Waals surface area (Å²) < 4.78 is 10.4. The van der Waals surface area contributed by atoms with Crippen molar-refractivity contribution in [2.24, 2.45) is 11.5 Å². The fourth-order valence-corrected chi connectivity index (χ4v) is 3.35. The molecule has 2 atom stereocenters. The molecule has 6 nitrogen and oxygen atoms in total. The third-order valence-corrected chi connectivity index (χ3v) is 4.47. The Morgan fingerprint density at radius 1 is 0.818 bits per heavy atom. The second-order valence-electron chi connectivity index (χ2n) is 6.85. The molecule has 0 saturated carbocycles. The van der Waals surface area contributed by atoms with Crippen molar-refractivity contribution >= 4 is 33.5 Å². The van der Waals surface area contributed by atoms with E-state index in [0.29, 0.717) is 11.5 Å². The lowest BCUT2D eigenvalue weighted by atomic mass is 10.2. The van der Waals surface area contributed by atoms with Gasteiger partial charge in [0.15, 0.2) is 0 Å². The van der Waals surface area contributed by atoms with Crippen LogP contribution < -0.4 is 11.5 Å². The highest BCUT2D eigenvalue weighted by Gasteiger charge is 2.24. The Morgan fingerprint density at radius 3 is 1.32 bits per heavy atom. The van der Waals surface area contributed by atoms with Crippen LogP contribution in [0, 0.1) is 0 Å². The molecule has 0 aliphatic heterocycles. The summed E-state index contributed by atoms with van der Waals surface area (Å²) in [7, 11) is 2.76. The van der Waals surface area contributed by atoms with Gasteiger partial charge in [-0.15, -0.1) is 0 Å². The zero-order valence-corrected chi connectivity index (χ0v) is 15.8. The molecule has 0 aromatic rings. The molecule has 0 unspecified atom stereocenters. The van der Waals surface area contributed by atoms with Crippen LogP contribution in [0.25, 0.3) is 0 Å². The van der Waals surface area contributed by atoms with Crippen molar-refractivity contribution in [1.29, 1.82) is 0 Å². The van der Waals surface area contributed by atoms with Crippen molar-refractivity contribution in [3.63, 3.8) is 0 Å². The summed E-state index contributed by atoms with van der Waals surface area (Å²) >= 11 is 0. The minimum atomic E-state index is -0.700. The fourth-order valence-electron chi connectivity index (χ4n) is 1.13. The van der Waals surface area contributed by atoms with Crippen LogP contribution >= 0.6 is 21.6 Å². The van der Waals surface area contributed by atoms with E-state index in [1.807, 2.05) is 0 Å². The van der Waals surface area contributed by atoms with Crippen molar-refractivity contribution in [3.05, 3.63) is 0 Å². The van der Waals surface area contributed by atoms with E-state index in [1.165, 1.54) is 21.6 Å². The topological polar surface area (TPSA) is 105 Å². The van der Waals surface area contributed by atoms with Crippen molar-refractivity contribution in [2.75, 3.05) is 11.5 Å². The first-order valence-corrected chi connectivity index (χ1v) is 9.52. The molecule has 130 valence electrons. The molecule has 22 heavy (non-hydrogen) atoms. The molecule has 0 fully saturated rings. The first-order chi connectivity index (χ1) is 9.82. The predicted octanol–water partition coefficient (Wildman–Crippen LogP) is 1.71. The fraction of sp³-hybridized carbons (Fsp3) is 0.857. The Kier molecular flexibility index (Phi) is 8.82. The van der Waals surface area contributed by atoms with Crippen molar-refractivity contribution in [2.45, 2.75) is 64.8 Å². The van der Waals surface area contributed by atoms with Crippen LogP contribution in [-0.2, 0) is 19.1 Å². The Balaban J connectivity index is 3.97. The number of hydrogen-bond acceptors (Lipinski definition) is 8. The Labute approximate surface area is 140 Å². The zero-order chi connectivity index (χ0) is 17.6. The Morgan fingerprint density at radius 2 is 1.09 bits per heavy atom. The van der Waals surface area contributed by atoms with Crippen molar-refractivity contribution < 1.29 is 19.1 Å². The second-order valence-corrected chi connectivity index (χ2v) is 9.40. The van der Waals surface area contributed by atoms with Gasteiger partial charge in [0, 0.05) is 11.5 Å². The van der Waals surface area contributed by atoms with Gasteiger partial charge in [0.05, 0.1) is 0 Å². The monoisotopic (exact) mass is 352 g/mol. The zero-order valence-electron chi connectivity index (χ0n) is 14.2. The number of hydrogen-bond donors (Lipinski definition) is 2. The molecule has 0 aliphatic carbocycles. The number of esters is 2. The average molecular weight is 353 g/mol. The molecular formula is C14H28N2O4S2. The van der Waals surface area contributed by atoms with Gasteiger partial charge in [-0.2, -0.15) is 0 Å². The molecule has 0 aromatic heterocycles. The molecule has 0 bridgehead atoms. The van der Waals surface area contributed by atoms with E-state index in [4.69, 9.17) is 20.9 Å². The smallest absolute Gasteiger partial charge is 0.324 e. The number of ether oxygens (including phenoxy) is 2. The van der Waals surface area contributed by atoms with Gasteiger partial charge in [0.1, 0.15) is 23.3 Å². The summed E-state index contributed by atoms with van der Waals surface area (Å²) in [6.07, 6.45) is 0. The van der Waals surface area contributed by atoms with E-state index in [1.54, 1.807) is 41.5 Å². The summed E-state index contributed by atoms with van der Waals surface area (Å²) in [5.41, 5.74) is 10.4. The number of carbonyl (C=O) groups excluding carboxylic acids is 2. The highest BCUT2D eigenvalue weighted by Crippen LogP contribution is 2.23. The summed E-state index contributed by atoms with van der Waals surface area (Å²) in [6, 6.07) is -1.40. The van der Waals surface area contributed by atoms with Crippen molar-refractivity contribution in [3.8, 4) is 0 Å². The molecule has 0 aliphatic rings. The molecule has 0 spiro atoms. The van der Waals surface area contributed by atoms with Gasteiger partial charge in [-0.1, -0.05) is 21.6 Å². The van der Waals surface area contributed by atoms with Crippen LogP contribution in [0.15, 0.2) is 0 Å². The minimum absolute atomic E-state index is 0.390. The van der Waals surface area contributed by atoms with Crippen LogP contribution in [0.5, 0.6) is 0 Å². The average Bonchev–Trinajstić information content (AvgIpc) is 2.29. The van der Waals surface area contributed by atoms with Crippen LogP contribution in [0.1, 0.15) is 41.5 Å². The normalized spacial score (nSPS) is 15.1. The minimum Gasteiger partial charge on any atom is -0.459 e. The molecule has 0 radical (unpaired) electrons. The van der Waals surface area contributed by atoms with Crippen LogP contribution in [0.2, 0.25) is 0 Å². The van der Waals surface area contributed by atoms with Crippen LogP contribution in [0.4, 0.5) is 0 Å². The lowest BCUT2D eigenvalue weighted by Crippen LogP contribution is -2.39. The highest BCUT2D eigenvalue weighted by molar-refractivity contribution is 8.76. The molecule has 8 heteroatoms. The van der Waals surface area contributed by atoms with E-state index in [9.17, 15) is 9.59 Å². The first-order valence-electron chi connectivity index (χ1n) is 7.03. The summed E-state index contributed by atoms with van der Waals surface area (Å²) in [5.74, 6) is -0.0876. The standard InChI is InChI=1S/C14H28N2O4S2/c1-13(2,3)19-11(17)9(15)7-21-22-8-10(16)12(18)20-14(4,5)6/h9-10H,7-8,15-16H2,1-6H3/t9-,10+. The van der Waals surface area contributed by atoms with Crippen LogP contribution in [-0.4, -0.2) is 46.7 Å². The summed E-state index contributed by atoms with van der Waals surface area (Å²) in [4.78, 5) is 23.4. The lowest BCUT2D eigenvalue weighted by Gasteiger charge is -2.22. The van der Waals surface area contributed by atoms with Gasteiger partial charge in [0.2, 0.25) is 0 Å². The van der Waals surface area contributed by atoms with Crippen molar-refractivity contribution in [1.82, 2.24) is 0 Å². The third-order valence-electron chi connectivity index (χ3n) is 2.00. The number of carbonyl (C=O) groups is 2. The van der Waals surface area contributed by atoms with Crippen LogP contribution in [0.3, 0.4) is 0 Å².